The van der Waals surface area contributed by atoms with Gasteiger partial charge < -0.3 is 9.80 Å². The molecule has 4 nitrogen and oxygen atoms in total. The van der Waals surface area contributed by atoms with Crippen LogP contribution in [0.4, 0.5) is 11.4 Å². The Balaban J connectivity index is 1.67. The van der Waals surface area contributed by atoms with Crippen molar-refractivity contribution in [3.8, 4) is 0 Å². The minimum atomic E-state index is -3.13. The van der Waals surface area contributed by atoms with E-state index < -0.39 is 9.84 Å². The van der Waals surface area contributed by atoms with Gasteiger partial charge in [-0.3, -0.25) is 0 Å². The normalized spacial score (nSPS) is 15.7. The van der Waals surface area contributed by atoms with E-state index in [9.17, 15) is 8.42 Å². The fourth-order valence-electron chi connectivity index (χ4n) is 2.95. The van der Waals surface area contributed by atoms with Gasteiger partial charge in [-0.25, -0.2) is 8.42 Å². The Hall–Kier alpha value is -2.01. The Bertz CT molecular complexity index is 777. The van der Waals surface area contributed by atoms with Crippen molar-refractivity contribution < 1.29 is 8.42 Å². The summed E-state index contributed by atoms with van der Waals surface area (Å²) in [6.07, 6.45) is 1.24. The van der Waals surface area contributed by atoms with Gasteiger partial charge in [-0.1, -0.05) is 12.1 Å². The molecular formula is C18H22N2O2S. The second-order valence-electron chi connectivity index (χ2n) is 6.08. The van der Waals surface area contributed by atoms with Crippen LogP contribution < -0.4 is 9.80 Å². The summed E-state index contributed by atoms with van der Waals surface area (Å²) in [7, 11) is -3.13. The van der Waals surface area contributed by atoms with Gasteiger partial charge in [0.2, 0.25) is 0 Å². The number of benzene rings is 2. The fourth-order valence-corrected chi connectivity index (χ4v) is 3.58. The van der Waals surface area contributed by atoms with E-state index >= 15 is 0 Å². The van der Waals surface area contributed by atoms with Crippen LogP contribution in [0.1, 0.15) is 5.56 Å². The van der Waals surface area contributed by atoms with Gasteiger partial charge in [-0.05, 0) is 48.9 Å². The molecule has 122 valence electrons. The summed E-state index contributed by atoms with van der Waals surface area (Å²) < 4.78 is 23.1. The largest absolute Gasteiger partial charge is 0.368 e. The van der Waals surface area contributed by atoms with Crippen molar-refractivity contribution in [2.75, 3.05) is 42.2 Å². The minimum Gasteiger partial charge on any atom is -0.368 e. The third-order valence-electron chi connectivity index (χ3n) is 4.28. The molecule has 0 aromatic heterocycles. The second-order valence-corrected chi connectivity index (χ2v) is 8.09. The third kappa shape index (κ3) is 3.67. The van der Waals surface area contributed by atoms with Gasteiger partial charge in [0, 0.05) is 43.8 Å². The van der Waals surface area contributed by atoms with Crippen LogP contribution in [0.3, 0.4) is 0 Å². The summed E-state index contributed by atoms with van der Waals surface area (Å²) in [4.78, 5) is 5.08. The number of anilines is 2. The highest BCUT2D eigenvalue weighted by atomic mass is 32.2. The van der Waals surface area contributed by atoms with Gasteiger partial charge in [-0.15, -0.1) is 0 Å². The maximum atomic E-state index is 11.5. The third-order valence-corrected chi connectivity index (χ3v) is 5.40. The number of nitrogens with zero attached hydrogens (tertiary/aromatic N) is 2. The molecule has 0 radical (unpaired) electrons. The van der Waals surface area contributed by atoms with E-state index in [0.717, 1.165) is 31.9 Å². The molecule has 0 unspecified atom stereocenters. The molecule has 1 saturated heterocycles. The monoisotopic (exact) mass is 330 g/mol. The Morgan fingerprint density at radius 2 is 1.39 bits per heavy atom. The smallest absolute Gasteiger partial charge is 0.175 e. The van der Waals surface area contributed by atoms with Crippen molar-refractivity contribution in [1.82, 2.24) is 0 Å². The van der Waals surface area contributed by atoms with Crippen LogP contribution in [0, 0.1) is 6.92 Å². The van der Waals surface area contributed by atoms with Gasteiger partial charge in [0.05, 0.1) is 4.90 Å². The molecular weight excluding hydrogens is 308 g/mol. The number of piperazine rings is 1. The first-order valence-electron chi connectivity index (χ1n) is 7.80. The molecule has 2 aromatic carbocycles. The molecule has 0 aliphatic carbocycles. The molecule has 0 saturated carbocycles. The quantitative estimate of drug-likeness (QED) is 0.868. The van der Waals surface area contributed by atoms with Gasteiger partial charge in [0.15, 0.2) is 9.84 Å². The number of hydrogen-bond donors (Lipinski definition) is 0. The van der Waals surface area contributed by atoms with Crippen LogP contribution in [0.15, 0.2) is 53.4 Å². The van der Waals surface area contributed by atoms with Crippen LogP contribution in [0.5, 0.6) is 0 Å². The molecule has 1 aliphatic rings. The van der Waals surface area contributed by atoms with Gasteiger partial charge in [0.1, 0.15) is 0 Å². The minimum absolute atomic E-state index is 0.375. The maximum absolute atomic E-state index is 11.5. The molecule has 3 rings (SSSR count). The van der Waals surface area contributed by atoms with Gasteiger partial charge in [-0.2, -0.15) is 0 Å². The van der Waals surface area contributed by atoms with Crippen molar-refractivity contribution in [1.29, 1.82) is 0 Å². The van der Waals surface area contributed by atoms with Crippen LogP contribution >= 0.6 is 0 Å². The molecule has 5 heteroatoms. The Morgan fingerprint density at radius 3 is 1.91 bits per heavy atom. The molecule has 0 spiro atoms. The Kier molecular flexibility index (Phi) is 4.31. The number of hydrogen-bond acceptors (Lipinski definition) is 4. The summed E-state index contributed by atoms with van der Waals surface area (Å²) in [5.74, 6) is 0. The molecule has 0 bridgehead atoms. The molecule has 2 aromatic rings. The van der Waals surface area contributed by atoms with E-state index in [1.54, 1.807) is 12.1 Å². The zero-order chi connectivity index (χ0) is 16.4. The molecule has 1 aliphatic heterocycles. The molecule has 23 heavy (non-hydrogen) atoms. The predicted molar refractivity (Wildman–Crippen MR) is 95.2 cm³/mol. The average molecular weight is 330 g/mol. The van der Waals surface area contributed by atoms with Crippen molar-refractivity contribution in [3.05, 3.63) is 54.1 Å². The summed E-state index contributed by atoms with van der Waals surface area (Å²) in [5.41, 5.74) is 3.64. The lowest BCUT2D eigenvalue weighted by Crippen LogP contribution is -2.46. The van der Waals surface area contributed by atoms with E-state index in [2.05, 4.69) is 41.0 Å². The molecule has 1 heterocycles. The van der Waals surface area contributed by atoms with Gasteiger partial charge in [0.25, 0.3) is 0 Å². The lowest BCUT2D eigenvalue weighted by atomic mass is 10.2. The molecule has 0 amide bonds. The summed E-state index contributed by atoms with van der Waals surface area (Å²) >= 11 is 0. The summed E-state index contributed by atoms with van der Waals surface area (Å²) in [6, 6.07) is 15.8. The van der Waals surface area contributed by atoms with Crippen molar-refractivity contribution in [3.63, 3.8) is 0 Å². The molecule has 0 N–H and O–H groups in total. The van der Waals surface area contributed by atoms with Crippen molar-refractivity contribution in [2.24, 2.45) is 0 Å². The summed E-state index contributed by atoms with van der Waals surface area (Å²) in [6.45, 7) is 5.93. The highest BCUT2D eigenvalue weighted by Crippen LogP contribution is 2.22. The topological polar surface area (TPSA) is 40.6 Å². The van der Waals surface area contributed by atoms with Crippen LogP contribution in [-0.4, -0.2) is 40.9 Å². The number of rotatable bonds is 3. The highest BCUT2D eigenvalue weighted by Gasteiger charge is 2.18. The molecule has 1 fully saturated rings. The maximum Gasteiger partial charge on any atom is 0.175 e. The van der Waals surface area contributed by atoms with E-state index in [0.29, 0.717) is 4.90 Å². The van der Waals surface area contributed by atoms with E-state index in [4.69, 9.17) is 0 Å². The lowest BCUT2D eigenvalue weighted by molar-refractivity contribution is 0.602. The highest BCUT2D eigenvalue weighted by molar-refractivity contribution is 7.90. The summed E-state index contributed by atoms with van der Waals surface area (Å²) in [5, 5.41) is 0. The number of sulfone groups is 1. The first kappa shape index (κ1) is 15.9. The average Bonchev–Trinajstić information content (AvgIpc) is 2.54. The first-order valence-corrected chi connectivity index (χ1v) is 9.69. The zero-order valence-electron chi connectivity index (χ0n) is 13.6. The van der Waals surface area contributed by atoms with E-state index in [1.807, 2.05) is 12.1 Å². The fraction of sp³-hybridized carbons (Fsp3) is 0.333. The zero-order valence-corrected chi connectivity index (χ0v) is 14.4. The van der Waals surface area contributed by atoms with Crippen molar-refractivity contribution in [2.45, 2.75) is 11.8 Å². The van der Waals surface area contributed by atoms with Crippen LogP contribution in [0.2, 0.25) is 0 Å². The van der Waals surface area contributed by atoms with Gasteiger partial charge >= 0.3 is 0 Å². The predicted octanol–water partition coefficient (Wildman–Crippen LogP) is 2.73. The standard InChI is InChI=1S/C18H22N2O2S/c1-15-4-3-5-17(14-15)20-12-10-19(11-13-20)16-6-8-18(9-7-16)23(2,21)22/h3-9,14H,10-13H2,1-2H3. The SMILES string of the molecule is Cc1cccc(N2CCN(c3ccc(S(C)(=O)=O)cc3)CC2)c1. The Labute approximate surface area is 138 Å². The number of aryl methyl sites for hydroxylation is 1. The molecule has 0 atom stereocenters. The first-order chi connectivity index (χ1) is 10.9. The van der Waals surface area contributed by atoms with E-state index in [-0.39, 0.29) is 0 Å². The van der Waals surface area contributed by atoms with Crippen LogP contribution in [0.25, 0.3) is 0 Å². The van der Waals surface area contributed by atoms with E-state index in [1.165, 1.54) is 17.5 Å². The second kappa shape index (κ2) is 6.24. The lowest BCUT2D eigenvalue weighted by Gasteiger charge is -2.37. The van der Waals surface area contributed by atoms with Crippen LogP contribution in [-0.2, 0) is 9.84 Å². The van der Waals surface area contributed by atoms with Crippen molar-refractivity contribution >= 4 is 21.2 Å². The Morgan fingerprint density at radius 1 is 0.826 bits per heavy atom.